The van der Waals surface area contributed by atoms with Gasteiger partial charge in [-0.3, -0.25) is 14.7 Å². The number of hydrogen-bond acceptors (Lipinski definition) is 4. The monoisotopic (exact) mass is 453 g/mol. The van der Waals surface area contributed by atoms with Gasteiger partial charge in [0.05, 0.1) is 11.4 Å². The van der Waals surface area contributed by atoms with E-state index in [1.807, 2.05) is 37.3 Å². The maximum Gasteiger partial charge on any atom is 0.573 e. The second-order valence-electron chi connectivity index (χ2n) is 8.09. The molecular formula is C24H18F3N3O3. The quantitative estimate of drug-likeness (QED) is 0.497. The predicted molar refractivity (Wildman–Crippen MR) is 115 cm³/mol. The summed E-state index contributed by atoms with van der Waals surface area (Å²) < 4.78 is 41.3. The van der Waals surface area contributed by atoms with E-state index in [1.54, 1.807) is 18.5 Å². The zero-order valence-corrected chi connectivity index (χ0v) is 17.4. The lowest BCUT2D eigenvalue weighted by atomic mass is 10.0. The van der Waals surface area contributed by atoms with E-state index in [9.17, 15) is 22.8 Å². The van der Waals surface area contributed by atoms with Crippen LogP contribution in [-0.4, -0.2) is 28.8 Å². The third-order valence-electron chi connectivity index (χ3n) is 6.08. The van der Waals surface area contributed by atoms with Gasteiger partial charge in [0.25, 0.3) is 5.91 Å². The van der Waals surface area contributed by atoms with Crippen LogP contribution in [0.4, 0.5) is 29.3 Å². The first kappa shape index (κ1) is 21.0. The molecule has 1 aliphatic carbocycles. The number of amides is 3. The van der Waals surface area contributed by atoms with Crippen LogP contribution in [-0.2, 0) is 4.79 Å². The van der Waals surface area contributed by atoms with Gasteiger partial charge in [0.1, 0.15) is 11.3 Å². The molecule has 2 unspecified atom stereocenters. The molecule has 0 N–H and O–H groups in total. The number of nitrogens with zero attached hydrogens (tertiary/aromatic N) is 3. The fourth-order valence-corrected chi connectivity index (χ4v) is 4.43. The molecule has 2 fully saturated rings. The molecule has 168 valence electrons. The van der Waals surface area contributed by atoms with Crippen molar-refractivity contribution in [2.45, 2.75) is 25.2 Å². The minimum Gasteiger partial charge on any atom is -0.406 e. The number of imide groups is 1. The van der Waals surface area contributed by atoms with Crippen LogP contribution in [0.2, 0.25) is 0 Å². The smallest absolute Gasteiger partial charge is 0.406 e. The van der Waals surface area contributed by atoms with Crippen LogP contribution in [0.3, 0.4) is 0 Å². The summed E-state index contributed by atoms with van der Waals surface area (Å²) in [4.78, 5) is 33.8. The number of anilines is 2. The van der Waals surface area contributed by atoms with Crippen LogP contribution in [0.5, 0.6) is 5.75 Å². The van der Waals surface area contributed by atoms with Crippen LogP contribution < -0.4 is 14.5 Å². The van der Waals surface area contributed by atoms with Gasteiger partial charge in [-0.1, -0.05) is 37.3 Å². The first-order valence-electron chi connectivity index (χ1n) is 10.3. The lowest BCUT2D eigenvalue weighted by Gasteiger charge is -2.24. The zero-order chi connectivity index (χ0) is 23.4. The molecule has 1 aromatic heterocycles. The third-order valence-corrected chi connectivity index (χ3v) is 6.08. The largest absolute Gasteiger partial charge is 0.573 e. The number of rotatable bonds is 4. The lowest BCUT2D eigenvalue weighted by molar-refractivity contribution is -0.274. The van der Waals surface area contributed by atoms with E-state index in [2.05, 4.69) is 9.72 Å². The molecule has 6 nitrogen and oxygen atoms in total. The Morgan fingerprint density at radius 3 is 2.30 bits per heavy atom. The summed E-state index contributed by atoms with van der Waals surface area (Å²) in [6.45, 7) is 1.89. The molecule has 1 spiro atoms. The first-order valence-corrected chi connectivity index (χ1v) is 10.3. The molecular weight excluding hydrogens is 435 g/mol. The molecule has 2 aliphatic rings. The van der Waals surface area contributed by atoms with Crippen LogP contribution in [0, 0.1) is 5.92 Å². The highest BCUT2D eigenvalue weighted by Gasteiger charge is 2.70. The van der Waals surface area contributed by atoms with Crippen molar-refractivity contribution < 1.29 is 27.5 Å². The normalized spacial score (nSPS) is 22.2. The van der Waals surface area contributed by atoms with Gasteiger partial charge in [-0.25, -0.2) is 9.69 Å². The Labute approximate surface area is 187 Å². The molecule has 33 heavy (non-hydrogen) atoms. The van der Waals surface area contributed by atoms with Gasteiger partial charge in [0.2, 0.25) is 0 Å². The molecule has 0 bridgehead atoms. The van der Waals surface area contributed by atoms with Crippen LogP contribution >= 0.6 is 0 Å². The standard InChI is InChI=1S/C24H18F3N3O3/c1-15-13-23(15)21(31)29(17-7-9-18(10-8-17)33-24(25,26)27)22(32)30(23)20-11-12-28-14-19(20)16-5-3-2-4-6-16/h2-12,14-15H,13H2,1H3. The lowest BCUT2D eigenvalue weighted by Crippen LogP contribution is -2.39. The fraction of sp³-hybridized carbons (Fsp3) is 0.208. The van der Waals surface area contributed by atoms with Gasteiger partial charge >= 0.3 is 12.4 Å². The highest BCUT2D eigenvalue weighted by Crippen LogP contribution is 2.56. The Morgan fingerprint density at radius 1 is 1.03 bits per heavy atom. The highest BCUT2D eigenvalue weighted by atomic mass is 19.4. The topological polar surface area (TPSA) is 62.7 Å². The number of urea groups is 1. The third kappa shape index (κ3) is 3.40. The van der Waals surface area contributed by atoms with Gasteiger partial charge in [-0.2, -0.15) is 0 Å². The second kappa shape index (κ2) is 7.33. The van der Waals surface area contributed by atoms with E-state index in [-0.39, 0.29) is 11.6 Å². The average molecular weight is 453 g/mol. The number of carbonyl (C=O) groups is 2. The summed E-state index contributed by atoms with van der Waals surface area (Å²) in [7, 11) is 0. The van der Waals surface area contributed by atoms with Gasteiger partial charge in [0, 0.05) is 18.0 Å². The molecule has 3 aromatic rings. The van der Waals surface area contributed by atoms with Crippen molar-refractivity contribution in [2.24, 2.45) is 5.92 Å². The summed E-state index contributed by atoms with van der Waals surface area (Å²) in [6.07, 6.45) is -1.14. The number of hydrogen-bond donors (Lipinski definition) is 0. The Bertz CT molecular complexity index is 1230. The fourth-order valence-electron chi connectivity index (χ4n) is 4.43. The van der Waals surface area contributed by atoms with E-state index in [1.165, 1.54) is 17.0 Å². The Hall–Kier alpha value is -3.88. The van der Waals surface area contributed by atoms with Crippen molar-refractivity contribution in [2.75, 3.05) is 9.80 Å². The summed E-state index contributed by atoms with van der Waals surface area (Å²) >= 11 is 0. The van der Waals surface area contributed by atoms with E-state index in [4.69, 9.17) is 0 Å². The van der Waals surface area contributed by atoms with Crippen molar-refractivity contribution in [1.82, 2.24) is 4.98 Å². The number of ether oxygens (including phenoxy) is 1. The van der Waals surface area contributed by atoms with Gasteiger partial charge in [0.15, 0.2) is 0 Å². The number of aromatic nitrogens is 1. The Balaban J connectivity index is 1.55. The number of benzene rings is 2. The molecule has 1 aliphatic heterocycles. The molecule has 9 heteroatoms. The minimum atomic E-state index is -4.83. The molecule has 0 radical (unpaired) electrons. The first-order chi connectivity index (χ1) is 15.7. The summed E-state index contributed by atoms with van der Waals surface area (Å²) in [5, 5.41) is 0. The summed E-state index contributed by atoms with van der Waals surface area (Å²) in [5.74, 6) is -0.916. The summed E-state index contributed by atoms with van der Waals surface area (Å²) in [5.41, 5.74) is 1.24. The average Bonchev–Trinajstić information content (AvgIpc) is 3.40. The van der Waals surface area contributed by atoms with Crippen molar-refractivity contribution >= 4 is 23.3 Å². The van der Waals surface area contributed by atoms with Crippen molar-refractivity contribution in [3.63, 3.8) is 0 Å². The zero-order valence-electron chi connectivity index (χ0n) is 17.4. The molecule has 1 saturated carbocycles. The summed E-state index contributed by atoms with van der Waals surface area (Å²) in [6, 6.07) is 15.2. The van der Waals surface area contributed by atoms with E-state index in [0.29, 0.717) is 17.7 Å². The van der Waals surface area contributed by atoms with Crippen molar-refractivity contribution in [1.29, 1.82) is 0 Å². The van der Waals surface area contributed by atoms with Crippen LogP contribution in [0.1, 0.15) is 13.3 Å². The molecule has 2 heterocycles. The molecule has 2 atom stereocenters. The number of alkyl halides is 3. The van der Waals surface area contributed by atoms with Crippen LogP contribution in [0.15, 0.2) is 73.1 Å². The molecule has 1 saturated heterocycles. The van der Waals surface area contributed by atoms with Crippen LogP contribution in [0.25, 0.3) is 11.1 Å². The highest BCUT2D eigenvalue weighted by molar-refractivity contribution is 6.32. The van der Waals surface area contributed by atoms with Crippen molar-refractivity contribution in [3.8, 4) is 16.9 Å². The molecule has 2 aromatic carbocycles. The van der Waals surface area contributed by atoms with E-state index >= 15 is 0 Å². The van der Waals surface area contributed by atoms with Crippen molar-refractivity contribution in [3.05, 3.63) is 73.1 Å². The number of carbonyl (C=O) groups excluding carboxylic acids is 2. The van der Waals surface area contributed by atoms with Gasteiger partial charge in [-0.05, 0) is 48.2 Å². The van der Waals surface area contributed by atoms with Gasteiger partial charge in [-0.15, -0.1) is 13.2 Å². The Kier molecular flexibility index (Phi) is 4.66. The molecule has 5 rings (SSSR count). The van der Waals surface area contributed by atoms with Gasteiger partial charge < -0.3 is 4.74 Å². The SMILES string of the molecule is CC1CC12C(=O)N(c1ccc(OC(F)(F)F)cc1)C(=O)N2c1ccncc1-c1ccccc1. The minimum absolute atomic E-state index is 0.0800. The number of pyridine rings is 1. The second-order valence-corrected chi connectivity index (χ2v) is 8.09. The number of halogens is 3. The predicted octanol–water partition coefficient (Wildman–Crippen LogP) is 5.40. The maximum absolute atomic E-state index is 13.6. The maximum atomic E-state index is 13.6. The van der Waals surface area contributed by atoms with E-state index < -0.39 is 29.6 Å². The Morgan fingerprint density at radius 2 is 1.70 bits per heavy atom. The molecule has 3 amide bonds. The van der Waals surface area contributed by atoms with E-state index in [0.717, 1.165) is 22.6 Å².